The highest BCUT2D eigenvalue weighted by atomic mass is 15.4. The summed E-state index contributed by atoms with van der Waals surface area (Å²) in [4.78, 5) is 5.26. The molecule has 1 rings (SSSR count). The third-order valence-corrected chi connectivity index (χ3v) is 9.62. The normalized spacial score (nSPS) is 13.7. The molecule has 0 atom stereocenters. The molecule has 0 saturated carbocycles. The molecule has 244 valence electrons. The highest BCUT2D eigenvalue weighted by Crippen LogP contribution is 2.21. The zero-order valence-corrected chi connectivity index (χ0v) is 29.0. The number of nitrogens with zero attached hydrogens (tertiary/aromatic N) is 2. The number of unbranched alkanes of at least 4 members (excludes halogenated alkanes) is 28. The quantitative estimate of drug-likeness (QED) is 0.0719. The first-order chi connectivity index (χ1) is 20.3. The molecule has 0 bridgehead atoms. The maximum absolute atomic E-state index is 2.63. The fourth-order valence-corrected chi connectivity index (χ4v) is 6.81. The van der Waals surface area contributed by atoms with E-state index in [-0.39, 0.29) is 0 Å². The molecule has 2 heteroatoms. The van der Waals surface area contributed by atoms with E-state index in [0.29, 0.717) is 6.17 Å². The van der Waals surface area contributed by atoms with E-state index in [1.807, 2.05) is 0 Å². The minimum Gasteiger partial charge on any atom is -0.356 e. The third kappa shape index (κ3) is 23.5. The topological polar surface area (TPSA) is 6.48 Å². The molecule has 2 nitrogen and oxygen atoms in total. The second kappa shape index (κ2) is 30.8. The van der Waals surface area contributed by atoms with Crippen LogP contribution in [0.25, 0.3) is 0 Å². The van der Waals surface area contributed by atoms with E-state index in [2.05, 4.69) is 43.0 Å². The number of rotatable bonds is 33. The highest BCUT2D eigenvalue weighted by Gasteiger charge is 2.23. The van der Waals surface area contributed by atoms with Crippen LogP contribution in [0.1, 0.15) is 220 Å². The van der Waals surface area contributed by atoms with Gasteiger partial charge in [0.05, 0.1) is 0 Å². The molecule has 0 radical (unpaired) electrons. The molecule has 0 aromatic rings. The monoisotopic (exact) mass is 575 g/mol. The Morgan fingerprint density at radius 1 is 0.317 bits per heavy atom. The van der Waals surface area contributed by atoms with Crippen molar-refractivity contribution in [2.24, 2.45) is 0 Å². The fraction of sp³-hybridized carbons (Fsp3) is 0.949. The molecule has 1 aliphatic rings. The van der Waals surface area contributed by atoms with Crippen LogP contribution in [-0.2, 0) is 0 Å². The van der Waals surface area contributed by atoms with Crippen molar-refractivity contribution in [3.63, 3.8) is 0 Å². The predicted molar refractivity (Wildman–Crippen MR) is 186 cm³/mol. The first-order valence-electron chi connectivity index (χ1n) is 19.5. The predicted octanol–water partition coefficient (Wildman–Crippen LogP) is 13.6. The summed E-state index contributed by atoms with van der Waals surface area (Å²) < 4.78 is 0. The van der Waals surface area contributed by atoms with E-state index in [1.165, 1.54) is 212 Å². The second-order valence-corrected chi connectivity index (χ2v) is 13.6. The van der Waals surface area contributed by atoms with Crippen molar-refractivity contribution in [1.82, 2.24) is 9.80 Å². The van der Waals surface area contributed by atoms with Gasteiger partial charge in [-0.15, -0.1) is 0 Å². The maximum Gasteiger partial charge on any atom is 0.100 e. The smallest absolute Gasteiger partial charge is 0.100 e. The van der Waals surface area contributed by atoms with Gasteiger partial charge in [0.25, 0.3) is 0 Å². The van der Waals surface area contributed by atoms with Gasteiger partial charge in [-0.1, -0.05) is 201 Å². The van der Waals surface area contributed by atoms with E-state index >= 15 is 0 Å². The molecule has 0 saturated heterocycles. The zero-order valence-electron chi connectivity index (χ0n) is 29.0. The summed E-state index contributed by atoms with van der Waals surface area (Å²) >= 11 is 0. The van der Waals surface area contributed by atoms with Gasteiger partial charge < -0.3 is 9.80 Å². The van der Waals surface area contributed by atoms with Crippen molar-refractivity contribution in [3.8, 4) is 0 Å². The lowest BCUT2D eigenvalue weighted by Gasteiger charge is -2.32. The van der Waals surface area contributed by atoms with Crippen LogP contribution >= 0.6 is 0 Å². The SMILES string of the molecule is CCCCCCCCCCCCCCCCCN1C=CN(CCCCCCCCCCCCCCCCC)C1CC. The van der Waals surface area contributed by atoms with Crippen LogP contribution in [0.15, 0.2) is 12.4 Å². The molecule has 0 spiro atoms. The summed E-state index contributed by atoms with van der Waals surface area (Å²) in [6.07, 6.45) is 50.1. The Bertz CT molecular complexity index is 486. The molecule has 1 heterocycles. The van der Waals surface area contributed by atoms with Gasteiger partial charge in [0, 0.05) is 25.5 Å². The standard InChI is InChI=1S/C39H78N2/c1-4-7-9-11-13-15-17-19-21-23-25-27-29-31-33-35-40-37-38-41(39(40)6-3)36-34-32-30-28-26-24-22-20-18-16-14-12-10-8-5-2/h37-39H,4-36H2,1-3H3. The van der Waals surface area contributed by atoms with Crippen molar-refractivity contribution in [2.75, 3.05) is 13.1 Å². The van der Waals surface area contributed by atoms with Crippen molar-refractivity contribution < 1.29 is 0 Å². The van der Waals surface area contributed by atoms with Crippen molar-refractivity contribution in [3.05, 3.63) is 12.4 Å². The van der Waals surface area contributed by atoms with E-state index in [1.54, 1.807) is 0 Å². The van der Waals surface area contributed by atoms with E-state index in [4.69, 9.17) is 0 Å². The first-order valence-corrected chi connectivity index (χ1v) is 19.5. The summed E-state index contributed by atoms with van der Waals surface area (Å²) in [5.41, 5.74) is 0. The number of hydrogen-bond donors (Lipinski definition) is 0. The van der Waals surface area contributed by atoms with Crippen LogP contribution < -0.4 is 0 Å². The summed E-state index contributed by atoms with van der Waals surface area (Å²) in [5, 5.41) is 0. The van der Waals surface area contributed by atoms with E-state index < -0.39 is 0 Å². The Morgan fingerprint density at radius 3 is 0.756 bits per heavy atom. The van der Waals surface area contributed by atoms with Crippen LogP contribution in [0.3, 0.4) is 0 Å². The average molecular weight is 575 g/mol. The Kier molecular flexibility index (Phi) is 28.8. The molecule has 0 amide bonds. The van der Waals surface area contributed by atoms with Crippen LogP contribution in [0, 0.1) is 0 Å². The molecular formula is C39H78N2. The van der Waals surface area contributed by atoms with Crippen LogP contribution in [0.4, 0.5) is 0 Å². The van der Waals surface area contributed by atoms with Gasteiger partial charge in [0.15, 0.2) is 0 Å². The largest absolute Gasteiger partial charge is 0.356 e. The minimum absolute atomic E-state index is 0.619. The third-order valence-electron chi connectivity index (χ3n) is 9.62. The summed E-state index contributed by atoms with van der Waals surface area (Å²) in [6.45, 7) is 9.49. The van der Waals surface area contributed by atoms with Gasteiger partial charge >= 0.3 is 0 Å². The van der Waals surface area contributed by atoms with Crippen LogP contribution in [-0.4, -0.2) is 29.1 Å². The Labute approximate surface area is 260 Å². The minimum atomic E-state index is 0.619. The second-order valence-electron chi connectivity index (χ2n) is 13.6. The van der Waals surface area contributed by atoms with E-state index in [9.17, 15) is 0 Å². The molecule has 41 heavy (non-hydrogen) atoms. The lowest BCUT2D eigenvalue weighted by molar-refractivity contribution is 0.144. The van der Waals surface area contributed by atoms with Crippen LogP contribution in [0.2, 0.25) is 0 Å². The van der Waals surface area contributed by atoms with Gasteiger partial charge in [-0.2, -0.15) is 0 Å². The molecular weight excluding hydrogens is 496 g/mol. The Balaban J connectivity index is 1.87. The highest BCUT2D eigenvalue weighted by molar-refractivity contribution is 4.96. The van der Waals surface area contributed by atoms with Crippen molar-refractivity contribution in [2.45, 2.75) is 226 Å². The van der Waals surface area contributed by atoms with Gasteiger partial charge in [-0.25, -0.2) is 0 Å². The Hall–Kier alpha value is -0.660. The molecule has 0 unspecified atom stereocenters. The van der Waals surface area contributed by atoms with Gasteiger partial charge in [0.2, 0.25) is 0 Å². The summed E-state index contributed by atoms with van der Waals surface area (Å²) in [5.74, 6) is 0. The molecule has 0 N–H and O–H groups in total. The maximum atomic E-state index is 2.63. The van der Waals surface area contributed by atoms with Crippen molar-refractivity contribution in [1.29, 1.82) is 0 Å². The van der Waals surface area contributed by atoms with E-state index in [0.717, 1.165) is 0 Å². The molecule has 0 aromatic carbocycles. The lowest BCUT2D eigenvalue weighted by atomic mass is 10.0. The Morgan fingerprint density at radius 2 is 0.537 bits per heavy atom. The fourth-order valence-electron chi connectivity index (χ4n) is 6.81. The summed E-state index contributed by atoms with van der Waals surface area (Å²) in [7, 11) is 0. The van der Waals surface area contributed by atoms with Gasteiger partial charge in [-0.3, -0.25) is 0 Å². The summed E-state index contributed by atoms with van der Waals surface area (Å²) in [6, 6.07) is 0. The van der Waals surface area contributed by atoms with Crippen LogP contribution in [0.5, 0.6) is 0 Å². The first kappa shape index (κ1) is 38.4. The molecule has 1 aliphatic heterocycles. The zero-order chi connectivity index (χ0) is 29.5. The van der Waals surface area contributed by atoms with Crippen molar-refractivity contribution >= 4 is 0 Å². The van der Waals surface area contributed by atoms with Gasteiger partial charge in [-0.05, 0) is 19.3 Å². The van der Waals surface area contributed by atoms with Gasteiger partial charge in [0.1, 0.15) is 6.17 Å². The molecule has 0 aliphatic carbocycles. The number of hydrogen-bond acceptors (Lipinski definition) is 2. The average Bonchev–Trinajstić information content (AvgIpc) is 3.38. The lowest BCUT2D eigenvalue weighted by Crippen LogP contribution is -2.38. The molecule has 0 aromatic heterocycles. The molecule has 0 fully saturated rings.